The molecule has 0 amide bonds. The first-order valence-corrected chi connectivity index (χ1v) is 14.7. The monoisotopic (exact) mass is 551 g/mol. The highest BCUT2D eigenvalue weighted by Gasteiger charge is 2.54. The summed E-state index contributed by atoms with van der Waals surface area (Å²) in [5.74, 6) is 1.07. The molecule has 0 radical (unpaired) electrons. The fourth-order valence-electron chi connectivity index (χ4n) is 6.57. The maximum Gasteiger partial charge on any atom is 0.340 e. The molecule has 208 valence electrons. The van der Waals surface area contributed by atoms with Crippen molar-refractivity contribution in [2.45, 2.75) is 45.6 Å². The van der Waals surface area contributed by atoms with Gasteiger partial charge in [-0.2, -0.15) is 0 Å². The lowest BCUT2D eigenvalue weighted by Crippen LogP contribution is -2.34. The first kappa shape index (κ1) is 26.1. The van der Waals surface area contributed by atoms with Crippen LogP contribution < -0.4 is 10.1 Å². The average molecular weight is 552 g/mol. The fraction of sp³-hybridized carbons (Fsp3) is 0.184. The molecule has 1 unspecified atom stereocenters. The third-order valence-electron chi connectivity index (χ3n) is 8.81. The van der Waals surface area contributed by atoms with Gasteiger partial charge in [0, 0.05) is 16.8 Å². The van der Waals surface area contributed by atoms with E-state index < -0.39 is 5.60 Å². The van der Waals surface area contributed by atoms with E-state index in [0.29, 0.717) is 17.1 Å². The average Bonchev–Trinajstić information content (AvgIpc) is 3.30. The Morgan fingerprint density at radius 3 is 2.31 bits per heavy atom. The molecule has 4 nitrogen and oxygen atoms in total. The van der Waals surface area contributed by atoms with Gasteiger partial charge in [-0.15, -0.1) is 0 Å². The lowest BCUT2D eigenvalue weighted by molar-refractivity contribution is 0.0226. The number of hydrogen-bond donors (Lipinski definition) is 1. The predicted octanol–water partition coefficient (Wildman–Crippen LogP) is 8.96. The van der Waals surface area contributed by atoms with Crippen LogP contribution in [0.2, 0.25) is 0 Å². The lowest BCUT2D eigenvalue weighted by Gasteiger charge is -2.38. The van der Waals surface area contributed by atoms with E-state index in [9.17, 15) is 4.79 Å². The molecule has 4 heteroatoms. The second-order valence-electron chi connectivity index (χ2n) is 11.2. The van der Waals surface area contributed by atoms with Gasteiger partial charge in [0.25, 0.3) is 0 Å². The molecule has 5 aromatic rings. The summed E-state index contributed by atoms with van der Waals surface area (Å²) in [5.41, 5.74) is 9.97. The molecule has 0 saturated carbocycles. The van der Waals surface area contributed by atoms with Crippen molar-refractivity contribution in [3.05, 3.63) is 153 Å². The quantitative estimate of drug-likeness (QED) is 0.214. The van der Waals surface area contributed by atoms with Crippen molar-refractivity contribution in [1.29, 1.82) is 0 Å². The minimum Gasteiger partial charge on any atom is -0.456 e. The van der Waals surface area contributed by atoms with E-state index in [2.05, 4.69) is 80.7 Å². The molecule has 5 aromatic carbocycles. The number of anilines is 2. The second kappa shape index (κ2) is 10.2. The Morgan fingerprint density at radius 1 is 0.714 bits per heavy atom. The summed E-state index contributed by atoms with van der Waals surface area (Å²) in [7, 11) is 0. The molecule has 2 aliphatic heterocycles. The molecular weight excluding hydrogens is 518 g/mol. The molecule has 0 fully saturated rings. The first-order valence-electron chi connectivity index (χ1n) is 14.7. The lowest BCUT2D eigenvalue weighted by atomic mass is 9.75. The van der Waals surface area contributed by atoms with E-state index in [0.717, 1.165) is 52.9 Å². The zero-order chi connectivity index (χ0) is 28.8. The van der Waals surface area contributed by atoms with Gasteiger partial charge in [0.15, 0.2) is 5.60 Å². The third-order valence-corrected chi connectivity index (χ3v) is 8.81. The molecule has 0 aliphatic carbocycles. The number of hydrogen-bond acceptors (Lipinski definition) is 4. The number of esters is 1. The molecule has 1 N–H and O–H groups in total. The number of rotatable bonds is 6. The number of fused-ring (bicyclic) bond motifs is 6. The maximum atomic E-state index is 13.5. The van der Waals surface area contributed by atoms with Crippen LogP contribution in [0, 0.1) is 13.8 Å². The van der Waals surface area contributed by atoms with Gasteiger partial charge >= 0.3 is 5.97 Å². The highest BCUT2D eigenvalue weighted by Crippen LogP contribution is 2.58. The number of aryl methyl sites for hydroxylation is 4. The van der Waals surface area contributed by atoms with E-state index in [1.807, 2.05) is 48.5 Å². The Bertz CT molecular complexity index is 1840. The Morgan fingerprint density at radius 2 is 1.48 bits per heavy atom. The standard InChI is InChI=1S/C38H33NO3/c1-4-27-14-10-17-32(25(27)3)39-33-18-11-19-34-36(33)38(30-16-9-8-15-29(30)37(40)42-38)31-23-28(24(2)22-35(31)41-34)21-20-26-12-6-5-7-13-26/h5-19,22-23,39H,4,20-21H2,1-3H3. The summed E-state index contributed by atoms with van der Waals surface area (Å²) in [6.45, 7) is 6.44. The van der Waals surface area contributed by atoms with Gasteiger partial charge in [0.1, 0.15) is 11.5 Å². The normalized spacial score (nSPS) is 16.3. The van der Waals surface area contributed by atoms with E-state index in [1.165, 1.54) is 22.3 Å². The van der Waals surface area contributed by atoms with Crippen molar-refractivity contribution in [1.82, 2.24) is 0 Å². The van der Waals surface area contributed by atoms with Gasteiger partial charge in [0.2, 0.25) is 0 Å². The third kappa shape index (κ3) is 4.09. The Labute approximate surface area is 247 Å². The minimum atomic E-state index is -1.15. The predicted molar refractivity (Wildman–Crippen MR) is 167 cm³/mol. The van der Waals surface area contributed by atoms with E-state index in [1.54, 1.807) is 0 Å². The van der Waals surface area contributed by atoms with Gasteiger partial charge in [-0.1, -0.05) is 73.7 Å². The molecule has 7 rings (SSSR count). The van der Waals surface area contributed by atoms with Crippen molar-refractivity contribution in [3.8, 4) is 11.5 Å². The van der Waals surface area contributed by atoms with Gasteiger partial charge < -0.3 is 14.8 Å². The van der Waals surface area contributed by atoms with E-state index in [-0.39, 0.29) is 5.97 Å². The zero-order valence-corrected chi connectivity index (χ0v) is 24.2. The van der Waals surface area contributed by atoms with Crippen LogP contribution in [0.5, 0.6) is 11.5 Å². The van der Waals surface area contributed by atoms with Crippen LogP contribution >= 0.6 is 0 Å². The van der Waals surface area contributed by atoms with Crippen molar-refractivity contribution < 1.29 is 14.3 Å². The van der Waals surface area contributed by atoms with Crippen molar-refractivity contribution in [2.24, 2.45) is 0 Å². The van der Waals surface area contributed by atoms with Crippen LogP contribution in [-0.2, 0) is 29.6 Å². The number of nitrogens with one attached hydrogen (secondary N) is 1. The minimum absolute atomic E-state index is 0.324. The highest BCUT2D eigenvalue weighted by atomic mass is 16.6. The summed E-state index contributed by atoms with van der Waals surface area (Å²) in [5, 5.41) is 3.70. The van der Waals surface area contributed by atoms with Gasteiger partial charge in [-0.3, -0.25) is 0 Å². The molecule has 2 aliphatic rings. The molecular formula is C38H33NO3. The highest BCUT2D eigenvalue weighted by molar-refractivity contribution is 5.97. The first-order chi connectivity index (χ1) is 20.5. The van der Waals surface area contributed by atoms with Crippen LogP contribution in [0.25, 0.3) is 0 Å². The summed E-state index contributed by atoms with van der Waals surface area (Å²) in [4.78, 5) is 13.5. The number of benzene rings is 5. The molecule has 0 aromatic heterocycles. The van der Waals surface area contributed by atoms with E-state index in [4.69, 9.17) is 9.47 Å². The fourth-order valence-corrected chi connectivity index (χ4v) is 6.57. The van der Waals surface area contributed by atoms with Gasteiger partial charge in [-0.05, 0) is 97.3 Å². The molecule has 1 atom stereocenters. The summed E-state index contributed by atoms with van der Waals surface area (Å²) in [6.07, 6.45) is 2.73. The molecule has 0 saturated heterocycles. The van der Waals surface area contributed by atoms with Crippen molar-refractivity contribution in [3.63, 3.8) is 0 Å². The topological polar surface area (TPSA) is 47.6 Å². The summed E-state index contributed by atoms with van der Waals surface area (Å²) < 4.78 is 13.2. The Hall–Kier alpha value is -4.83. The maximum absolute atomic E-state index is 13.5. The zero-order valence-electron chi connectivity index (χ0n) is 24.2. The Kier molecular flexibility index (Phi) is 6.35. The van der Waals surface area contributed by atoms with Crippen LogP contribution in [0.1, 0.15) is 61.8 Å². The number of ether oxygens (including phenoxy) is 2. The molecule has 42 heavy (non-hydrogen) atoms. The van der Waals surface area contributed by atoms with Gasteiger partial charge in [0.05, 0.1) is 16.8 Å². The molecule has 1 spiro atoms. The molecule has 2 heterocycles. The number of carbonyl (C=O) groups is 1. The smallest absolute Gasteiger partial charge is 0.340 e. The van der Waals surface area contributed by atoms with Gasteiger partial charge in [-0.25, -0.2) is 4.79 Å². The SMILES string of the molecule is CCc1cccc(Nc2cccc3c2C2(OC(=O)c4ccccc42)c2cc(CCc4ccccc4)c(C)cc2O3)c1C. The van der Waals surface area contributed by atoms with Crippen molar-refractivity contribution in [2.75, 3.05) is 5.32 Å². The van der Waals surface area contributed by atoms with Crippen LogP contribution in [0.4, 0.5) is 11.4 Å². The van der Waals surface area contributed by atoms with Crippen LogP contribution in [-0.4, -0.2) is 5.97 Å². The second-order valence-corrected chi connectivity index (χ2v) is 11.2. The largest absolute Gasteiger partial charge is 0.456 e. The van der Waals surface area contributed by atoms with Crippen molar-refractivity contribution >= 4 is 17.3 Å². The van der Waals surface area contributed by atoms with Crippen LogP contribution in [0.3, 0.4) is 0 Å². The van der Waals surface area contributed by atoms with Crippen LogP contribution in [0.15, 0.2) is 103 Å². The number of carbonyl (C=O) groups excluding carboxylic acids is 1. The summed E-state index contributed by atoms with van der Waals surface area (Å²) in [6, 6.07) is 34.9. The molecule has 0 bridgehead atoms. The van der Waals surface area contributed by atoms with E-state index >= 15 is 0 Å². The Balaban J connectivity index is 1.43. The summed E-state index contributed by atoms with van der Waals surface area (Å²) >= 11 is 0.